The van der Waals surface area contributed by atoms with Crippen LogP contribution in [0.4, 0.5) is 10.2 Å². The van der Waals surface area contributed by atoms with E-state index in [9.17, 15) is 12.8 Å². The van der Waals surface area contributed by atoms with E-state index in [1.165, 1.54) is 6.07 Å². The summed E-state index contributed by atoms with van der Waals surface area (Å²) in [6.07, 6.45) is 1.49. The predicted molar refractivity (Wildman–Crippen MR) is 51.9 cm³/mol. The zero-order valence-corrected chi connectivity index (χ0v) is 8.51. The zero-order valence-electron chi connectivity index (χ0n) is 7.70. The lowest BCUT2D eigenvalue weighted by Gasteiger charge is -2.04. The molecule has 4 nitrogen and oxygen atoms in total. The molecule has 0 saturated carbocycles. The first-order valence-electron chi connectivity index (χ1n) is 4.15. The third kappa shape index (κ3) is 3.29. The molecule has 0 aromatic carbocycles. The molecule has 0 radical (unpaired) electrons. The van der Waals surface area contributed by atoms with Crippen molar-refractivity contribution in [1.29, 1.82) is 0 Å². The summed E-state index contributed by atoms with van der Waals surface area (Å²) in [5, 5.41) is 0. The van der Waals surface area contributed by atoms with Gasteiger partial charge >= 0.3 is 0 Å². The van der Waals surface area contributed by atoms with Gasteiger partial charge in [0.2, 0.25) is 10.0 Å². The molecule has 14 heavy (non-hydrogen) atoms. The Kier molecular flexibility index (Phi) is 3.40. The maximum Gasteiger partial charge on any atom is 0.233 e. The van der Waals surface area contributed by atoms with Crippen molar-refractivity contribution in [2.45, 2.75) is 13.3 Å². The van der Waals surface area contributed by atoms with Crippen LogP contribution in [-0.2, 0) is 10.0 Å². The number of hydrogen-bond donors (Lipinski definition) is 1. The van der Waals surface area contributed by atoms with Gasteiger partial charge in [-0.1, -0.05) is 6.92 Å². The van der Waals surface area contributed by atoms with Gasteiger partial charge in [-0.05, 0) is 18.6 Å². The van der Waals surface area contributed by atoms with Gasteiger partial charge in [0.05, 0.1) is 11.9 Å². The van der Waals surface area contributed by atoms with Gasteiger partial charge in [0.15, 0.2) is 0 Å². The minimum absolute atomic E-state index is 0.0338. The number of nitrogens with one attached hydrogen (secondary N) is 1. The summed E-state index contributed by atoms with van der Waals surface area (Å²) < 4.78 is 37.1. The van der Waals surface area contributed by atoms with Gasteiger partial charge in [-0.2, -0.15) is 0 Å². The monoisotopic (exact) mass is 218 g/mol. The predicted octanol–water partition coefficient (Wildman–Crippen LogP) is 1.37. The van der Waals surface area contributed by atoms with Gasteiger partial charge < -0.3 is 0 Å². The molecule has 0 saturated heterocycles. The number of anilines is 1. The van der Waals surface area contributed by atoms with Gasteiger partial charge in [0.1, 0.15) is 11.6 Å². The molecule has 1 heterocycles. The summed E-state index contributed by atoms with van der Waals surface area (Å²) in [6.45, 7) is 1.76. The van der Waals surface area contributed by atoms with E-state index < -0.39 is 15.8 Å². The van der Waals surface area contributed by atoms with Crippen molar-refractivity contribution in [3.8, 4) is 0 Å². The van der Waals surface area contributed by atoms with E-state index in [1.54, 1.807) is 6.92 Å². The molecular formula is C8H11FN2O2S. The highest BCUT2D eigenvalue weighted by Crippen LogP contribution is 2.06. The first-order chi connectivity index (χ1) is 6.53. The fraction of sp³-hybridized carbons (Fsp3) is 0.375. The number of sulfonamides is 1. The van der Waals surface area contributed by atoms with Crippen LogP contribution in [0.2, 0.25) is 0 Å². The van der Waals surface area contributed by atoms with Gasteiger partial charge in [0, 0.05) is 0 Å². The second-order valence-corrected chi connectivity index (χ2v) is 4.62. The van der Waals surface area contributed by atoms with E-state index in [2.05, 4.69) is 9.71 Å². The van der Waals surface area contributed by atoms with Crippen LogP contribution in [0.3, 0.4) is 0 Å². The molecule has 6 heteroatoms. The summed E-state index contributed by atoms with van der Waals surface area (Å²) in [5.41, 5.74) is 0. The quantitative estimate of drug-likeness (QED) is 0.830. The third-order valence-electron chi connectivity index (χ3n) is 1.46. The van der Waals surface area contributed by atoms with Crippen molar-refractivity contribution in [3.63, 3.8) is 0 Å². The molecule has 1 N–H and O–H groups in total. The first-order valence-corrected chi connectivity index (χ1v) is 5.81. The standard InChI is InChI=1S/C8H11FN2O2S/c1-2-5-14(12,13)11-8-4-3-7(9)6-10-8/h3-4,6H,2,5H2,1H3,(H,10,11). The Labute approximate surface area is 82.2 Å². The normalized spacial score (nSPS) is 11.3. The molecule has 0 aliphatic rings. The zero-order chi connectivity index (χ0) is 10.6. The largest absolute Gasteiger partial charge is 0.267 e. The molecule has 1 rings (SSSR count). The molecule has 1 aromatic rings. The van der Waals surface area contributed by atoms with Gasteiger partial charge in [-0.3, -0.25) is 4.72 Å². The van der Waals surface area contributed by atoms with Crippen LogP contribution in [-0.4, -0.2) is 19.2 Å². The summed E-state index contributed by atoms with van der Waals surface area (Å²) in [7, 11) is -3.33. The highest BCUT2D eigenvalue weighted by Gasteiger charge is 2.08. The summed E-state index contributed by atoms with van der Waals surface area (Å²) in [6, 6.07) is 2.43. The van der Waals surface area contributed by atoms with Crippen molar-refractivity contribution in [3.05, 3.63) is 24.1 Å². The Hall–Kier alpha value is -1.17. The number of rotatable bonds is 4. The van der Waals surface area contributed by atoms with E-state index in [0.717, 1.165) is 12.3 Å². The average Bonchev–Trinajstić information content (AvgIpc) is 2.08. The lowest BCUT2D eigenvalue weighted by molar-refractivity contribution is 0.599. The molecule has 0 spiro atoms. The highest BCUT2D eigenvalue weighted by atomic mass is 32.2. The van der Waals surface area contributed by atoms with Gasteiger partial charge in [-0.15, -0.1) is 0 Å². The van der Waals surface area contributed by atoms with E-state index in [-0.39, 0.29) is 11.6 Å². The number of halogens is 1. The molecular weight excluding hydrogens is 207 g/mol. The fourth-order valence-electron chi connectivity index (χ4n) is 0.915. The summed E-state index contributed by atoms with van der Waals surface area (Å²) in [4.78, 5) is 3.58. The molecule has 0 bridgehead atoms. The highest BCUT2D eigenvalue weighted by molar-refractivity contribution is 7.92. The number of aromatic nitrogens is 1. The Balaban J connectivity index is 2.74. The molecule has 78 valence electrons. The van der Waals surface area contributed by atoms with Crippen LogP contribution in [0.1, 0.15) is 13.3 Å². The van der Waals surface area contributed by atoms with E-state index in [0.29, 0.717) is 6.42 Å². The SMILES string of the molecule is CCCS(=O)(=O)Nc1ccc(F)cn1. The lowest BCUT2D eigenvalue weighted by Crippen LogP contribution is -2.16. The van der Waals surface area contributed by atoms with Crippen molar-refractivity contribution in [1.82, 2.24) is 4.98 Å². The maximum atomic E-state index is 12.4. The van der Waals surface area contributed by atoms with Crippen LogP contribution in [0.15, 0.2) is 18.3 Å². The smallest absolute Gasteiger partial charge is 0.233 e. The third-order valence-corrected chi connectivity index (χ3v) is 2.93. The van der Waals surface area contributed by atoms with Crippen LogP contribution in [0.25, 0.3) is 0 Å². The number of nitrogens with zero attached hydrogens (tertiary/aromatic N) is 1. The lowest BCUT2D eigenvalue weighted by atomic mass is 10.5. The van der Waals surface area contributed by atoms with Crippen molar-refractivity contribution in [2.75, 3.05) is 10.5 Å². The number of pyridine rings is 1. The van der Waals surface area contributed by atoms with Crippen LogP contribution in [0.5, 0.6) is 0 Å². The summed E-state index contributed by atoms with van der Waals surface area (Å²) in [5.74, 6) is -0.324. The van der Waals surface area contributed by atoms with E-state index >= 15 is 0 Å². The van der Waals surface area contributed by atoms with Gasteiger partial charge in [-0.25, -0.2) is 17.8 Å². The maximum absolute atomic E-state index is 12.4. The Morgan fingerprint density at radius 3 is 2.71 bits per heavy atom. The fourth-order valence-corrected chi connectivity index (χ4v) is 1.99. The first kappa shape index (κ1) is 10.9. The molecule has 0 unspecified atom stereocenters. The second-order valence-electron chi connectivity index (χ2n) is 2.78. The number of hydrogen-bond acceptors (Lipinski definition) is 3. The topological polar surface area (TPSA) is 59.1 Å². The molecule has 0 fully saturated rings. The molecule has 1 aromatic heterocycles. The van der Waals surface area contributed by atoms with Crippen molar-refractivity contribution in [2.24, 2.45) is 0 Å². The van der Waals surface area contributed by atoms with E-state index in [1.807, 2.05) is 0 Å². The molecule has 0 aliphatic heterocycles. The van der Waals surface area contributed by atoms with Crippen molar-refractivity contribution >= 4 is 15.8 Å². The van der Waals surface area contributed by atoms with Crippen LogP contribution in [0, 0.1) is 5.82 Å². The second kappa shape index (κ2) is 4.36. The average molecular weight is 218 g/mol. The Morgan fingerprint density at radius 2 is 2.21 bits per heavy atom. The minimum atomic E-state index is -3.33. The molecule has 0 aliphatic carbocycles. The molecule has 0 atom stereocenters. The Bertz CT molecular complexity index is 388. The Morgan fingerprint density at radius 1 is 1.50 bits per heavy atom. The summed E-state index contributed by atoms with van der Waals surface area (Å²) >= 11 is 0. The van der Waals surface area contributed by atoms with Crippen LogP contribution >= 0.6 is 0 Å². The van der Waals surface area contributed by atoms with Gasteiger partial charge in [0.25, 0.3) is 0 Å². The van der Waals surface area contributed by atoms with Crippen molar-refractivity contribution < 1.29 is 12.8 Å². The van der Waals surface area contributed by atoms with Crippen LogP contribution < -0.4 is 4.72 Å². The minimum Gasteiger partial charge on any atom is -0.267 e. The van der Waals surface area contributed by atoms with E-state index in [4.69, 9.17) is 0 Å². The molecule has 0 amide bonds.